The number of rotatable bonds is 11. The van der Waals surface area contributed by atoms with Crippen molar-refractivity contribution >= 4 is 0 Å². The third-order valence-electron chi connectivity index (χ3n) is 7.09. The van der Waals surface area contributed by atoms with Crippen LogP contribution in [0.25, 0.3) is 0 Å². The molecule has 4 heteroatoms. The van der Waals surface area contributed by atoms with Gasteiger partial charge in [-0.3, -0.25) is 4.90 Å². The van der Waals surface area contributed by atoms with Crippen molar-refractivity contribution in [3.05, 3.63) is 108 Å². The molecule has 0 saturated carbocycles. The van der Waals surface area contributed by atoms with Gasteiger partial charge >= 0.3 is 0 Å². The first-order valence-corrected chi connectivity index (χ1v) is 12.7. The lowest BCUT2D eigenvalue weighted by Crippen LogP contribution is -2.52. The molecule has 3 aromatic rings. The van der Waals surface area contributed by atoms with Crippen LogP contribution in [-0.2, 0) is 22.7 Å². The largest absolute Gasteiger partial charge is 0.374 e. The van der Waals surface area contributed by atoms with Crippen molar-refractivity contribution in [1.82, 2.24) is 4.90 Å². The Morgan fingerprint density at radius 2 is 1.49 bits per heavy atom. The number of hydrogen-bond acceptors (Lipinski definition) is 4. The summed E-state index contributed by atoms with van der Waals surface area (Å²) in [5.41, 5.74) is 3.63. The Bertz CT molecular complexity index is 1040. The maximum atomic E-state index is 9.40. The predicted molar refractivity (Wildman–Crippen MR) is 139 cm³/mol. The molecular formula is C31H36N2O2. The molecule has 0 aromatic heterocycles. The lowest BCUT2D eigenvalue weighted by molar-refractivity contribution is -0.0950. The fourth-order valence-electron chi connectivity index (χ4n) is 5.09. The average molecular weight is 469 g/mol. The van der Waals surface area contributed by atoms with Gasteiger partial charge in [0.25, 0.3) is 0 Å². The fourth-order valence-corrected chi connectivity index (χ4v) is 5.09. The van der Waals surface area contributed by atoms with E-state index >= 15 is 0 Å². The van der Waals surface area contributed by atoms with Crippen LogP contribution in [-0.4, -0.2) is 30.2 Å². The summed E-state index contributed by atoms with van der Waals surface area (Å²) in [7, 11) is 0. The van der Waals surface area contributed by atoms with Gasteiger partial charge in [0, 0.05) is 18.5 Å². The highest BCUT2D eigenvalue weighted by Gasteiger charge is 2.37. The third-order valence-corrected chi connectivity index (χ3v) is 7.09. The normalized spacial score (nSPS) is 20.1. The van der Waals surface area contributed by atoms with Crippen LogP contribution in [0.4, 0.5) is 0 Å². The molecule has 1 saturated heterocycles. The minimum atomic E-state index is -0.0911. The van der Waals surface area contributed by atoms with E-state index in [0.29, 0.717) is 32.2 Å². The molecule has 0 spiro atoms. The van der Waals surface area contributed by atoms with Crippen LogP contribution in [0.5, 0.6) is 0 Å². The van der Waals surface area contributed by atoms with Crippen LogP contribution in [0.15, 0.2) is 91.0 Å². The first-order chi connectivity index (χ1) is 17.2. The molecule has 1 aliphatic heterocycles. The Hall–Kier alpha value is -2.97. The Morgan fingerprint density at radius 1 is 0.886 bits per heavy atom. The molecule has 0 aliphatic carbocycles. The first-order valence-electron chi connectivity index (χ1n) is 12.7. The molecule has 0 unspecified atom stereocenters. The number of ether oxygens (including phenoxy) is 2. The molecule has 1 aliphatic rings. The highest BCUT2D eigenvalue weighted by molar-refractivity contribution is 5.19. The zero-order valence-electron chi connectivity index (χ0n) is 20.6. The van der Waals surface area contributed by atoms with Gasteiger partial charge < -0.3 is 9.47 Å². The number of nitrogens with zero attached hydrogens (tertiary/aromatic N) is 2. The molecule has 3 aromatic carbocycles. The Kier molecular flexibility index (Phi) is 9.48. The first kappa shape index (κ1) is 25.1. The zero-order chi connectivity index (χ0) is 24.3. The second-order valence-corrected chi connectivity index (χ2v) is 9.48. The van der Waals surface area contributed by atoms with Crippen molar-refractivity contribution < 1.29 is 9.47 Å². The summed E-state index contributed by atoms with van der Waals surface area (Å²) in [6.45, 7) is 4.87. The summed E-state index contributed by atoms with van der Waals surface area (Å²) in [5.74, 6) is 0.390. The monoisotopic (exact) mass is 468 g/mol. The van der Waals surface area contributed by atoms with E-state index in [0.717, 1.165) is 30.5 Å². The van der Waals surface area contributed by atoms with E-state index in [4.69, 9.17) is 9.47 Å². The number of likely N-dealkylation sites (tertiary alicyclic amines) is 1. The highest BCUT2D eigenvalue weighted by atomic mass is 16.5. The number of nitriles is 1. The molecular weight excluding hydrogens is 432 g/mol. The van der Waals surface area contributed by atoms with E-state index in [1.54, 1.807) is 0 Å². The van der Waals surface area contributed by atoms with Gasteiger partial charge in [0.1, 0.15) is 0 Å². The van der Waals surface area contributed by atoms with Crippen LogP contribution < -0.4 is 0 Å². The van der Waals surface area contributed by atoms with Gasteiger partial charge in [-0.15, -0.1) is 0 Å². The van der Waals surface area contributed by atoms with E-state index in [2.05, 4.69) is 72.5 Å². The van der Waals surface area contributed by atoms with Crippen LogP contribution >= 0.6 is 0 Å². The summed E-state index contributed by atoms with van der Waals surface area (Å²) in [4.78, 5) is 2.57. The van der Waals surface area contributed by atoms with Gasteiger partial charge in [-0.2, -0.15) is 5.26 Å². The molecule has 4 atom stereocenters. The van der Waals surface area contributed by atoms with Crippen molar-refractivity contribution in [2.75, 3.05) is 13.2 Å². The van der Waals surface area contributed by atoms with Gasteiger partial charge in [-0.25, -0.2) is 0 Å². The van der Waals surface area contributed by atoms with Crippen molar-refractivity contribution in [2.24, 2.45) is 5.92 Å². The van der Waals surface area contributed by atoms with Crippen LogP contribution in [0.1, 0.15) is 48.9 Å². The number of hydrogen-bond donors (Lipinski definition) is 0. The highest BCUT2D eigenvalue weighted by Crippen LogP contribution is 2.35. The second-order valence-electron chi connectivity index (χ2n) is 9.48. The molecule has 4 rings (SSSR count). The maximum absolute atomic E-state index is 9.40. The molecule has 1 heterocycles. The molecule has 182 valence electrons. The van der Waals surface area contributed by atoms with Crippen molar-refractivity contribution in [3.63, 3.8) is 0 Å². The van der Waals surface area contributed by atoms with E-state index in [9.17, 15) is 5.26 Å². The van der Waals surface area contributed by atoms with Gasteiger partial charge in [0.15, 0.2) is 0 Å². The molecule has 1 fully saturated rings. The lowest BCUT2D eigenvalue weighted by Gasteiger charge is -2.45. The molecule has 0 bridgehead atoms. The van der Waals surface area contributed by atoms with E-state index in [1.165, 1.54) is 5.56 Å². The summed E-state index contributed by atoms with van der Waals surface area (Å²) >= 11 is 0. The van der Waals surface area contributed by atoms with Gasteiger partial charge in [-0.1, -0.05) is 91.0 Å². The van der Waals surface area contributed by atoms with Crippen molar-refractivity contribution in [3.8, 4) is 6.07 Å². The minimum Gasteiger partial charge on any atom is -0.374 e. The van der Waals surface area contributed by atoms with Crippen LogP contribution in [0, 0.1) is 17.2 Å². The molecule has 0 radical (unpaired) electrons. The van der Waals surface area contributed by atoms with Gasteiger partial charge in [0.2, 0.25) is 0 Å². The van der Waals surface area contributed by atoms with Crippen LogP contribution in [0.3, 0.4) is 0 Å². The van der Waals surface area contributed by atoms with E-state index in [-0.39, 0.29) is 18.2 Å². The van der Waals surface area contributed by atoms with E-state index < -0.39 is 0 Å². The van der Waals surface area contributed by atoms with Crippen molar-refractivity contribution in [2.45, 2.75) is 57.6 Å². The predicted octanol–water partition coefficient (Wildman–Crippen LogP) is 6.54. The molecule has 4 nitrogen and oxygen atoms in total. The quantitative estimate of drug-likeness (QED) is 0.320. The van der Waals surface area contributed by atoms with Crippen LogP contribution in [0.2, 0.25) is 0 Å². The second kappa shape index (κ2) is 13.2. The van der Waals surface area contributed by atoms with Crippen molar-refractivity contribution in [1.29, 1.82) is 5.26 Å². The third kappa shape index (κ3) is 7.26. The lowest BCUT2D eigenvalue weighted by atomic mass is 9.84. The summed E-state index contributed by atoms with van der Waals surface area (Å²) < 4.78 is 12.8. The molecule has 0 amide bonds. The standard InChI is InChI=1S/C31H36N2O2/c1-25(29-15-9-4-10-16-29)33-20-18-26(17-19-32)21-30(33)31(35-23-28-13-7-3-8-14-28)24-34-22-27-11-5-2-6-12-27/h2-16,25-26,30-31H,17-18,20-24H2,1H3/t25-,26+,30+,31+/m0/s1. The van der Waals surface area contributed by atoms with Gasteiger partial charge in [0.05, 0.1) is 32.0 Å². The average Bonchev–Trinajstić information content (AvgIpc) is 2.92. The molecule has 35 heavy (non-hydrogen) atoms. The number of piperidine rings is 1. The smallest absolute Gasteiger partial charge is 0.0968 e. The summed E-state index contributed by atoms with van der Waals surface area (Å²) in [6.07, 6.45) is 2.49. The summed E-state index contributed by atoms with van der Waals surface area (Å²) in [5, 5.41) is 9.40. The Balaban J connectivity index is 1.53. The Morgan fingerprint density at radius 3 is 2.11 bits per heavy atom. The zero-order valence-corrected chi connectivity index (χ0v) is 20.6. The van der Waals surface area contributed by atoms with E-state index in [1.807, 2.05) is 36.4 Å². The molecule has 0 N–H and O–H groups in total. The number of benzene rings is 3. The maximum Gasteiger partial charge on any atom is 0.0968 e. The topological polar surface area (TPSA) is 45.5 Å². The summed E-state index contributed by atoms with van der Waals surface area (Å²) in [6, 6.07) is 34.1. The fraction of sp³-hybridized carbons (Fsp3) is 0.387. The minimum absolute atomic E-state index is 0.0911. The van der Waals surface area contributed by atoms with Gasteiger partial charge in [-0.05, 0) is 48.9 Å². The Labute approximate surface area is 210 Å². The SMILES string of the molecule is C[C@@H](c1ccccc1)N1CC[C@@H](CC#N)C[C@@H]1[C@@H](COCc1ccccc1)OCc1ccccc1.